The first-order valence-corrected chi connectivity index (χ1v) is 9.50. The van der Waals surface area contributed by atoms with Gasteiger partial charge in [-0.1, -0.05) is 11.6 Å². The van der Waals surface area contributed by atoms with Gasteiger partial charge in [0.25, 0.3) is 0 Å². The molecule has 0 spiro atoms. The summed E-state index contributed by atoms with van der Waals surface area (Å²) in [5.41, 5.74) is 0.726. The average molecular weight is 416 g/mol. The summed E-state index contributed by atoms with van der Waals surface area (Å²) in [7, 11) is 1.53. The first-order chi connectivity index (χ1) is 14.1. The topological polar surface area (TPSA) is 65.0 Å². The van der Waals surface area contributed by atoms with E-state index in [1.807, 2.05) is 19.1 Å². The van der Waals surface area contributed by atoms with Gasteiger partial charge in [-0.3, -0.25) is 4.79 Å². The van der Waals surface area contributed by atoms with Gasteiger partial charge in [-0.15, -0.1) is 0 Å². The molecule has 6 nitrogen and oxygen atoms in total. The molecule has 1 amide bonds. The molecule has 1 aromatic carbocycles. The summed E-state index contributed by atoms with van der Waals surface area (Å²) < 4.78 is 21.6. The van der Waals surface area contributed by atoms with Crippen LogP contribution in [0.25, 0.3) is 6.08 Å². The number of benzene rings is 1. The van der Waals surface area contributed by atoms with E-state index >= 15 is 0 Å². The summed E-state index contributed by atoms with van der Waals surface area (Å²) in [5, 5.41) is 0.411. The van der Waals surface area contributed by atoms with Crippen LogP contribution in [-0.2, 0) is 17.9 Å². The van der Waals surface area contributed by atoms with E-state index in [-0.39, 0.29) is 5.91 Å². The minimum atomic E-state index is -0.192. The molecular formula is C22H22ClNO5. The predicted molar refractivity (Wildman–Crippen MR) is 110 cm³/mol. The molecule has 0 fully saturated rings. The van der Waals surface area contributed by atoms with Gasteiger partial charge in [-0.2, -0.15) is 0 Å². The van der Waals surface area contributed by atoms with Crippen molar-refractivity contribution in [3.8, 4) is 11.5 Å². The second-order valence-electron chi connectivity index (χ2n) is 6.15. The van der Waals surface area contributed by atoms with Gasteiger partial charge in [0, 0.05) is 6.08 Å². The van der Waals surface area contributed by atoms with Crippen LogP contribution in [-0.4, -0.2) is 24.5 Å². The number of rotatable bonds is 9. The fourth-order valence-corrected chi connectivity index (χ4v) is 3.11. The second-order valence-corrected chi connectivity index (χ2v) is 6.56. The number of carbonyl (C=O) groups is 1. The van der Waals surface area contributed by atoms with E-state index < -0.39 is 0 Å². The van der Waals surface area contributed by atoms with E-state index in [0.717, 1.165) is 5.56 Å². The first-order valence-electron chi connectivity index (χ1n) is 9.12. The van der Waals surface area contributed by atoms with Crippen molar-refractivity contribution in [1.29, 1.82) is 0 Å². The third kappa shape index (κ3) is 5.45. The minimum Gasteiger partial charge on any atom is -0.491 e. The molecule has 3 rings (SSSR count). The Bertz CT molecular complexity index is 912. The highest BCUT2D eigenvalue weighted by Gasteiger charge is 2.16. The van der Waals surface area contributed by atoms with Gasteiger partial charge in [0.15, 0.2) is 11.5 Å². The fourth-order valence-electron chi connectivity index (χ4n) is 2.81. The Morgan fingerprint density at radius 2 is 1.79 bits per heavy atom. The number of carbonyl (C=O) groups excluding carboxylic acids is 1. The molecule has 0 bridgehead atoms. The average Bonchev–Trinajstić information content (AvgIpc) is 3.40. The van der Waals surface area contributed by atoms with Crippen molar-refractivity contribution in [2.75, 3.05) is 13.7 Å². The van der Waals surface area contributed by atoms with E-state index in [2.05, 4.69) is 0 Å². The maximum absolute atomic E-state index is 12.9. The lowest BCUT2D eigenvalue weighted by molar-refractivity contribution is -0.127. The van der Waals surface area contributed by atoms with Gasteiger partial charge in [0.1, 0.15) is 11.5 Å². The third-order valence-corrected chi connectivity index (χ3v) is 4.40. The van der Waals surface area contributed by atoms with Crippen molar-refractivity contribution in [1.82, 2.24) is 4.90 Å². The Labute approximate surface area is 174 Å². The molecule has 0 aliphatic rings. The molecule has 152 valence electrons. The standard InChI is InChI=1S/C22H22ClNO5/c1-3-27-20-13-16(12-19(23)22(20)26-2)8-9-21(25)24(14-17-6-4-10-28-17)15-18-7-5-11-29-18/h4-13H,3,14-15H2,1-2H3/b9-8+. The Hall–Kier alpha value is -3.12. The molecule has 29 heavy (non-hydrogen) atoms. The van der Waals surface area contributed by atoms with Gasteiger partial charge in [-0.05, 0) is 55.0 Å². The Morgan fingerprint density at radius 1 is 1.14 bits per heavy atom. The maximum Gasteiger partial charge on any atom is 0.247 e. The van der Waals surface area contributed by atoms with Crippen molar-refractivity contribution in [2.24, 2.45) is 0 Å². The van der Waals surface area contributed by atoms with Crippen LogP contribution in [0.15, 0.2) is 63.8 Å². The van der Waals surface area contributed by atoms with Crippen molar-refractivity contribution < 1.29 is 23.1 Å². The Kier molecular flexibility index (Phi) is 7.03. The first kappa shape index (κ1) is 20.6. The molecule has 0 unspecified atom stereocenters. The summed E-state index contributed by atoms with van der Waals surface area (Å²) in [6.45, 7) is 2.99. The molecule has 0 saturated carbocycles. The Balaban J connectivity index is 1.80. The van der Waals surface area contributed by atoms with E-state index in [4.69, 9.17) is 29.9 Å². The van der Waals surface area contributed by atoms with Crippen LogP contribution in [0.2, 0.25) is 5.02 Å². The summed E-state index contributed by atoms with van der Waals surface area (Å²) in [6, 6.07) is 10.7. The smallest absolute Gasteiger partial charge is 0.247 e. The zero-order chi connectivity index (χ0) is 20.6. The summed E-state index contributed by atoms with van der Waals surface area (Å²) >= 11 is 6.28. The molecule has 3 aromatic rings. The number of hydrogen-bond acceptors (Lipinski definition) is 5. The van der Waals surface area contributed by atoms with Crippen molar-refractivity contribution in [3.63, 3.8) is 0 Å². The molecule has 0 radical (unpaired) electrons. The number of furan rings is 2. The van der Waals surface area contributed by atoms with Crippen LogP contribution in [0.4, 0.5) is 0 Å². The molecular weight excluding hydrogens is 394 g/mol. The number of methoxy groups -OCH3 is 1. The Morgan fingerprint density at radius 3 is 2.31 bits per heavy atom. The van der Waals surface area contributed by atoms with Crippen molar-refractivity contribution in [2.45, 2.75) is 20.0 Å². The van der Waals surface area contributed by atoms with Gasteiger partial charge in [0.05, 0.1) is 44.4 Å². The lowest BCUT2D eigenvalue weighted by atomic mass is 10.1. The molecule has 0 aliphatic heterocycles. The zero-order valence-corrected chi connectivity index (χ0v) is 17.0. The van der Waals surface area contributed by atoms with E-state index in [1.54, 1.807) is 47.8 Å². The van der Waals surface area contributed by atoms with Gasteiger partial charge < -0.3 is 23.2 Å². The number of ether oxygens (including phenoxy) is 2. The largest absolute Gasteiger partial charge is 0.491 e. The monoisotopic (exact) mass is 415 g/mol. The molecule has 0 N–H and O–H groups in total. The van der Waals surface area contributed by atoms with Crippen LogP contribution >= 0.6 is 11.6 Å². The highest BCUT2D eigenvalue weighted by atomic mass is 35.5. The highest BCUT2D eigenvalue weighted by Crippen LogP contribution is 2.36. The maximum atomic E-state index is 12.9. The van der Waals surface area contributed by atoms with Crippen molar-refractivity contribution in [3.05, 3.63) is 77.1 Å². The SMILES string of the molecule is CCOc1cc(/C=C/C(=O)N(Cc2ccco2)Cc2ccco2)cc(Cl)c1OC. The number of amides is 1. The van der Waals surface area contributed by atoms with Crippen LogP contribution in [0.1, 0.15) is 24.0 Å². The number of halogens is 1. The summed E-state index contributed by atoms with van der Waals surface area (Å²) in [5.74, 6) is 2.17. The van der Waals surface area contributed by atoms with Crippen molar-refractivity contribution >= 4 is 23.6 Å². The molecule has 7 heteroatoms. The normalized spacial score (nSPS) is 11.0. The lowest BCUT2D eigenvalue weighted by Gasteiger charge is -2.19. The fraction of sp³-hybridized carbons (Fsp3) is 0.227. The van der Waals surface area contributed by atoms with Crippen LogP contribution < -0.4 is 9.47 Å². The molecule has 2 heterocycles. The van der Waals surface area contributed by atoms with E-state index in [1.165, 1.54) is 13.2 Å². The molecule has 2 aromatic heterocycles. The number of hydrogen-bond donors (Lipinski definition) is 0. The van der Waals surface area contributed by atoms with Crippen LogP contribution in [0, 0.1) is 0 Å². The van der Waals surface area contributed by atoms with E-state index in [9.17, 15) is 4.79 Å². The van der Waals surface area contributed by atoms with Gasteiger partial charge in [0.2, 0.25) is 5.91 Å². The summed E-state index contributed by atoms with van der Waals surface area (Å²) in [6.07, 6.45) is 6.33. The van der Waals surface area contributed by atoms with Gasteiger partial charge in [-0.25, -0.2) is 0 Å². The van der Waals surface area contributed by atoms with Gasteiger partial charge >= 0.3 is 0 Å². The highest BCUT2D eigenvalue weighted by molar-refractivity contribution is 6.32. The molecule has 0 saturated heterocycles. The minimum absolute atomic E-state index is 0.192. The second kappa shape index (κ2) is 9.89. The zero-order valence-electron chi connectivity index (χ0n) is 16.3. The lowest BCUT2D eigenvalue weighted by Crippen LogP contribution is -2.28. The van der Waals surface area contributed by atoms with Crippen LogP contribution in [0.5, 0.6) is 11.5 Å². The third-order valence-electron chi connectivity index (χ3n) is 4.12. The predicted octanol–water partition coefficient (Wildman–Crippen LogP) is 5.18. The van der Waals surface area contributed by atoms with E-state index in [0.29, 0.717) is 47.7 Å². The quantitative estimate of drug-likeness (QED) is 0.451. The summed E-state index contributed by atoms with van der Waals surface area (Å²) in [4.78, 5) is 14.5. The van der Waals surface area contributed by atoms with Crippen LogP contribution in [0.3, 0.4) is 0 Å². The molecule has 0 atom stereocenters. The molecule has 0 aliphatic carbocycles. The number of nitrogens with zero attached hydrogens (tertiary/aromatic N) is 1.